The monoisotopic (exact) mass is 299 g/mol. The minimum atomic E-state index is -4.62. The van der Waals surface area contributed by atoms with Crippen LogP contribution in [-0.4, -0.2) is 46.8 Å². The van der Waals surface area contributed by atoms with Crippen LogP contribution < -0.4 is 0 Å². The summed E-state index contributed by atoms with van der Waals surface area (Å²) in [5.74, 6) is 0. The zero-order chi connectivity index (χ0) is 14.3. The van der Waals surface area contributed by atoms with Crippen LogP contribution in [0, 0.1) is 0 Å². The Morgan fingerprint density at radius 2 is 2.11 bits per heavy atom. The molecule has 2 rings (SSSR count). The lowest BCUT2D eigenvalue weighted by Crippen LogP contribution is -2.40. The number of aromatic nitrogens is 2. The fourth-order valence-corrected chi connectivity index (χ4v) is 3.47. The van der Waals surface area contributed by atoms with E-state index in [1.807, 2.05) is 0 Å². The first-order valence-electron chi connectivity index (χ1n) is 5.47. The highest BCUT2D eigenvalue weighted by Gasteiger charge is 2.45. The van der Waals surface area contributed by atoms with Gasteiger partial charge in [-0.1, -0.05) is 0 Å². The Hall–Kier alpha value is -1.13. The van der Waals surface area contributed by atoms with Gasteiger partial charge in [-0.05, 0) is 12.8 Å². The molecule has 19 heavy (non-hydrogen) atoms. The standard InChI is InChI=1S/C9H12F3N3O3S/c10-9(11,12)5-15(7-1-2-7)19(17,18)8-6(4-16)3-13-14-8/h3,7,16H,1-2,4-5H2,(H,13,14). The van der Waals surface area contributed by atoms with Gasteiger partial charge in [0, 0.05) is 11.6 Å². The van der Waals surface area contributed by atoms with Crippen LogP contribution in [0.15, 0.2) is 11.2 Å². The van der Waals surface area contributed by atoms with Crippen molar-refractivity contribution in [2.45, 2.75) is 36.7 Å². The molecule has 2 N–H and O–H groups in total. The topological polar surface area (TPSA) is 86.3 Å². The zero-order valence-electron chi connectivity index (χ0n) is 9.68. The summed E-state index contributed by atoms with van der Waals surface area (Å²) in [5.41, 5.74) is -0.0483. The number of aromatic amines is 1. The van der Waals surface area contributed by atoms with Crippen LogP contribution in [0.1, 0.15) is 18.4 Å². The Morgan fingerprint density at radius 3 is 2.58 bits per heavy atom. The van der Waals surface area contributed by atoms with E-state index in [4.69, 9.17) is 5.11 Å². The number of nitrogens with zero attached hydrogens (tertiary/aromatic N) is 2. The highest BCUT2D eigenvalue weighted by molar-refractivity contribution is 7.89. The van der Waals surface area contributed by atoms with Crippen molar-refractivity contribution < 1.29 is 26.7 Å². The lowest BCUT2D eigenvalue weighted by atomic mass is 10.4. The molecule has 1 aliphatic carbocycles. The van der Waals surface area contributed by atoms with Gasteiger partial charge >= 0.3 is 6.18 Å². The van der Waals surface area contributed by atoms with Crippen molar-refractivity contribution in [2.75, 3.05) is 6.54 Å². The van der Waals surface area contributed by atoms with Gasteiger partial charge in [0.05, 0.1) is 12.8 Å². The molecule has 1 aliphatic rings. The van der Waals surface area contributed by atoms with Gasteiger partial charge in [-0.25, -0.2) is 8.42 Å². The van der Waals surface area contributed by atoms with E-state index in [0.717, 1.165) is 6.20 Å². The molecule has 0 amide bonds. The van der Waals surface area contributed by atoms with Crippen molar-refractivity contribution >= 4 is 10.0 Å². The summed E-state index contributed by atoms with van der Waals surface area (Å²) >= 11 is 0. The highest BCUT2D eigenvalue weighted by Crippen LogP contribution is 2.34. The number of aliphatic hydroxyl groups is 1. The molecule has 0 bridgehead atoms. The minimum absolute atomic E-state index is 0.0483. The minimum Gasteiger partial charge on any atom is -0.392 e. The third-order valence-electron chi connectivity index (χ3n) is 2.70. The van der Waals surface area contributed by atoms with E-state index in [0.29, 0.717) is 17.1 Å². The van der Waals surface area contributed by atoms with E-state index in [9.17, 15) is 21.6 Å². The second kappa shape index (κ2) is 4.76. The second-order valence-corrected chi connectivity index (χ2v) is 6.11. The molecule has 0 aromatic carbocycles. The van der Waals surface area contributed by atoms with E-state index < -0.39 is 40.4 Å². The van der Waals surface area contributed by atoms with Crippen molar-refractivity contribution in [1.29, 1.82) is 0 Å². The summed E-state index contributed by atoms with van der Waals surface area (Å²) in [6.45, 7) is -2.15. The average Bonchev–Trinajstić information content (AvgIpc) is 3.00. The Morgan fingerprint density at radius 1 is 1.47 bits per heavy atom. The van der Waals surface area contributed by atoms with Gasteiger partial charge < -0.3 is 5.11 Å². The largest absolute Gasteiger partial charge is 0.402 e. The summed E-state index contributed by atoms with van der Waals surface area (Å²) in [6.07, 6.45) is -2.74. The molecule has 0 aliphatic heterocycles. The van der Waals surface area contributed by atoms with Crippen molar-refractivity contribution in [2.24, 2.45) is 0 Å². The van der Waals surface area contributed by atoms with E-state index >= 15 is 0 Å². The zero-order valence-corrected chi connectivity index (χ0v) is 10.5. The third kappa shape index (κ3) is 3.07. The summed E-state index contributed by atoms with van der Waals surface area (Å²) in [4.78, 5) is 0. The smallest absolute Gasteiger partial charge is 0.392 e. The van der Waals surface area contributed by atoms with Gasteiger partial charge in [-0.15, -0.1) is 0 Å². The Kier molecular flexibility index (Phi) is 3.58. The van der Waals surface area contributed by atoms with Crippen LogP contribution in [0.3, 0.4) is 0 Å². The van der Waals surface area contributed by atoms with Gasteiger partial charge in [0.1, 0.15) is 6.54 Å². The molecule has 0 unspecified atom stereocenters. The molecule has 1 aromatic heterocycles. The maximum atomic E-state index is 12.5. The van der Waals surface area contributed by atoms with Gasteiger partial charge in [0.25, 0.3) is 10.0 Å². The number of hydrogen-bond acceptors (Lipinski definition) is 4. The Bertz CT molecular complexity index is 551. The number of halogens is 3. The average molecular weight is 299 g/mol. The molecule has 0 spiro atoms. The molecule has 1 heterocycles. The van der Waals surface area contributed by atoms with E-state index in [1.54, 1.807) is 0 Å². The number of alkyl halides is 3. The fourth-order valence-electron chi connectivity index (χ4n) is 1.70. The molecular formula is C9H12F3N3O3S. The molecule has 0 atom stereocenters. The fraction of sp³-hybridized carbons (Fsp3) is 0.667. The van der Waals surface area contributed by atoms with E-state index in [2.05, 4.69) is 10.2 Å². The predicted molar refractivity (Wildman–Crippen MR) is 57.5 cm³/mol. The molecule has 10 heteroatoms. The van der Waals surface area contributed by atoms with Gasteiger partial charge in [0.2, 0.25) is 0 Å². The SMILES string of the molecule is O=S(=O)(c1[nH]ncc1CO)N(CC(F)(F)F)C1CC1. The Labute approximate surface area is 107 Å². The number of aliphatic hydroxyl groups excluding tert-OH is 1. The number of rotatable bonds is 5. The predicted octanol–water partition coefficient (Wildman–Crippen LogP) is 0.617. The van der Waals surface area contributed by atoms with Crippen LogP contribution >= 0.6 is 0 Å². The maximum absolute atomic E-state index is 12.5. The number of sulfonamides is 1. The molecule has 108 valence electrons. The van der Waals surface area contributed by atoms with Crippen molar-refractivity contribution in [3.63, 3.8) is 0 Å². The molecule has 1 saturated carbocycles. The van der Waals surface area contributed by atoms with E-state index in [-0.39, 0.29) is 5.56 Å². The summed E-state index contributed by atoms with van der Waals surface area (Å²) in [7, 11) is -4.34. The molecule has 6 nitrogen and oxygen atoms in total. The molecule has 1 aromatic rings. The second-order valence-electron chi connectivity index (χ2n) is 4.28. The molecule has 1 fully saturated rings. The lowest BCUT2D eigenvalue weighted by molar-refractivity contribution is -0.137. The summed E-state index contributed by atoms with van der Waals surface area (Å²) in [5, 5.41) is 14.1. The first kappa shape index (κ1) is 14.3. The van der Waals surface area contributed by atoms with Crippen LogP contribution in [0.4, 0.5) is 13.2 Å². The van der Waals surface area contributed by atoms with E-state index in [1.165, 1.54) is 0 Å². The third-order valence-corrected chi connectivity index (χ3v) is 4.62. The number of H-pyrrole nitrogens is 1. The summed E-state index contributed by atoms with van der Waals surface area (Å²) in [6, 6.07) is -0.638. The lowest BCUT2D eigenvalue weighted by Gasteiger charge is -2.22. The van der Waals surface area contributed by atoms with Crippen LogP contribution in [-0.2, 0) is 16.6 Å². The normalized spacial score (nSPS) is 17.1. The van der Waals surface area contributed by atoms with Crippen molar-refractivity contribution in [1.82, 2.24) is 14.5 Å². The number of hydrogen-bond donors (Lipinski definition) is 2. The maximum Gasteiger partial charge on any atom is 0.402 e. The van der Waals surface area contributed by atoms with Gasteiger partial charge in [0.15, 0.2) is 5.03 Å². The molecule has 0 radical (unpaired) electrons. The Balaban J connectivity index is 2.35. The first-order valence-corrected chi connectivity index (χ1v) is 6.91. The van der Waals surface area contributed by atoms with Gasteiger partial charge in [-0.2, -0.15) is 22.6 Å². The van der Waals surface area contributed by atoms with Crippen molar-refractivity contribution in [3.8, 4) is 0 Å². The quantitative estimate of drug-likeness (QED) is 0.834. The van der Waals surface area contributed by atoms with Crippen LogP contribution in [0.2, 0.25) is 0 Å². The van der Waals surface area contributed by atoms with Crippen LogP contribution in [0.25, 0.3) is 0 Å². The first-order chi connectivity index (χ1) is 8.75. The van der Waals surface area contributed by atoms with Gasteiger partial charge in [-0.3, -0.25) is 5.10 Å². The summed E-state index contributed by atoms with van der Waals surface area (Å²) < 4.78 is 62.2. The molecular weight excluding hydrogens is 287 g/mol. The highest BCUT2D eigenvalue weighted by atomic mass is 32.2. The van der Waals surface area contributed by atoms with Crippen LogP contribution in [0.5, 0.6) is 0 Å². The molecule has 0 saturated heterocycles. The van der Waals surface area contributed by atoms with Crippen molar-refractivity contribution in [3.05, 3.63) is 11.8 Å². The number of nitrogens with one attached hydrogen (secondary N) is 1.